The van der Waals surface area contributed by atoms with Gasteiger partial charge in [-0.25, -0.2) is 0 Å². The third-order valence-electron chi connectivity index (χ3n) is 3.33. The van der Waals surface area contributed by atoms with Crippen molar-refractivity contribution in [2.45, 2.75) is 26.0 Å². The van der Waals surface area contributed by atoms with Gasteiger partial charge in [0.15, 0.2) is 6.10 Å². The van der Waals surface area contributed by atoms with E-state index in [1.807, 2.05) is 61.5 Å². The van der Waals surface area contributed by atoms with Gasteiger partial charge in [0.25, 0.3) is 5.91 Å². The minimum Gasteiger partial charge on any atom is -0.496 e. The number of amides is 1. The summed E-state index contributed by atoms with van der Waals surface area (Å²) in [6.07, 6.45) is 0.101. The summed E-state index contributed by atoms with van der Waals surface area (Å²) in [5.41, 5.74) is 0.938. The Labute approximate surface area is 131 Å². The zero-order valence-corrected chi connectivity index (χ0v) is 12.9. The van der Waals surface area contributed by atoms with Gasteiger partial charge in [-0.05, 0) is 24.6 Å². The van der Waals surface area contributed by atoms with Crippen LogP contribution in [0.3, 0.4) is 0 Å². The van der Waals surface area contributed by atoms with Gasteiger partial charge in [-0.15, -0.1) is 0 Å². The highest BCUT2D eigenvalue weighted by Gasteiger charge is 2.18. The molecular weight excluding hydrogens is 278 g/mol. The van der Waals surface area contributed by atoms with Gasteiger partial charge in [0.2, 0.25) is 0 Å². The number of carbonyl (C=O) groups is 1. The topological polar surface area (TPSA) is 47.6 Å². The van der Waals surface area contributed by atoms with E-state index >= 15 is 0 Å². The Morgan fingerprint density at radius 1 is 1.09 bits per heavy atom. The third kappa shape index (κ3) is 4.25. The van der Waals surface area contributed by atoms with E-state index in [4.69, 9.17) is 9.47 Å². The fourth-order valence-electron chi connectivity index (χ4n) is 2.13. The highest BCUT2D eigenvalue weighted by molar-refractivity contribution is 5.81. The van der Waals surface area contributed by atoms with Crippen LogP contribution in [-0.4, -0.2) is 19.1 Å². The van der Waals surface area contributed by atoms with Crippen LogP contribution in [0.15, 0.2) is 54.6 Å². The summed E-state index contributed by atoms with van der Waals surface area (Å²) in [4.78, 5) is 12.3. The maximum absolute atomic E-state index is 12.3. The lowest BCUT2D eigenvalue weighted by Crippen LogP contribution is -2.37. The minimum absolute atomic E-state index is 0.128. The molecule has 0 aliphatic rings. The predicted octanol–water partition coefficient (Wildman–Crippen LogP) is 3.17. The summed E-state index contributed by atoms with van der Waals surface area (Å²) in [6, 6.07) is 17.0. The molecule has 0 aromatic heterocycles. The van der Waals surface area contributed by atoms with Gasteiger partial charge in [0, 0.05) is 12.1 Å². The molecule has 0 heterocycles. The summed E-state index contributed by atoms with van der Waals surface area (Å²) in [5.74, 6) is 1.33. The van der Waals surface area contributed by atoms with Crippen LogP contribution in [0.1, 0.15) is 18.9 Å². The molecule has 0 radical (unpaired) electrons. The highest BCUT2D eigenvalue weighted by atomic mass is 16.5. The van der Waals surface area contributed by atoms with Crippen molar-refractivity contribution in [3.05, 3.63) is 60.2 Å². The van der Waals surface area contributed by atoms with E-state index in [1.54, 1.807) is 7.11 Å². The number of carbonyl (C=O) groups excluding carboxylic acids is 1. The van der Waals surface area contributed by atoms with E-state index in [2.05, 4.69) is 5.32 Å². The van der Waals surface area contributed by atoms with Crippen LogP contribution < -0.4 is 14.8 Å². The first kappa shape index (κ1) is 15.9. The standard InChI is InChI=1S/C18H21NO3/c1-3-16(22-15-10-5-4-6-11-15)18(20)19-13-14-9-7-8-12-17(14)21-2/h4-12,16H,3,13H2,1-2H3,(H,19,20). The number of hydrogen-bond donors (Lipinski definition) is 1. The normalized spacial score (nSPS) is 11.5. The molecular formula is C18H21NO3. The van der Waals surface area contributed by atoms with E-state index in [0.29, 0.717) is 18.7 Å². The molecule has 0 bridgehead atoms. The monoisotopic (exact) mass is 299 g/mol. The first-order valence-corrected chi connectivity index (χ1v) is 7.36. The van der Waals surface area contributed by atoms with Gasteiger partial charge in [0.1, 0.15) is 11.5 Å². The zero-order valence-electron chi connectivity index (χ0n) is 12.9. The van der Waals surface area contributed by atoms with E-state index in [0.717, 1.165) is 11.3 Å². The largest absolute Gasteiger partial charge is 0.496 e. The number of methoxy groups -OCH3 is 1. The van der Waals surface area contributed by atoms with Crippen LogP contribution in [0.4, 0.5) is 0 Å². The van der Waals surface area contributed by atoms with Crippen molar-refractivity contribution in [1.29, 1.82) is 0 Å². The van der Waals surface area contributed by atoms with Gasteiger partial charge in [-0.1, -0.05) is 43.3 Å². The fraction of sp³-hybridized carbons (Fsp3) is 0.278. The van der Waals surface area contributed by atoms with Crippen LogP contribution >= 0.6 is 0 Å². The first-order chi connectivity index (χ1) is 10.7. The molecule has 0 spiro atoms. The average molecular weight is 299 g/mol. The molecule has 0 aliphatic heterocycles. The van der Waals surface area contributed by atoms with E-state index < -0.39 is 6.10 Å². The Bertz CT molecular complexity index is 598. The molecule has 0 aliphatic carbocycles. The quantitative estimate of drug-likeness (QED) is 0.854. The minimum atomic E-state index is -0.503. The van der Waals surface area contributed by atoms with Crippen molar-refractivity contribution >= 4 is 5.91 Å². The molecule has 0 fully saturated rings. The molecule has 116 valence electrons. The first-order valence-electron chi connectivity index (χ1n) is 7.36. The Morgan fingerprint density at radius 3 is 2.45 bits per heavy atom. The summed E-state index contributed by atoms with van der Waals surface area (Å²) >= 11 is 0. The molecule has 2 rings (SSSR count). The third-order valence-corrected chi connectivity index (χ3v) is 3.33. The zero-order chi connectivity index (χ0) is 15.8. The molecule has 1 amide bonds. The lowest BCUT2D eigenvalue weighted by atomic mass is 10.2. The maximum Gasteiger partial charge on any atom is 0.261 e. The van der Waals surface area contributed by atoms with Crippen molar-refractivity contribution in [3.8, 4) is 11.5 Å². The number of rotatable bonds is 7. The molecule has 1 N–H and O–H groups in total. The van der Waals surface area contributed by atoms with Gasteiger partial charge in [-0.3, -0.25) is 4.79 Å². The second kappa shape index (κ2) is 8.08. The summed E-state index contributed by atoms with van der Waals surface area (Å²) in [6.45, 7) is 2.34. The van der Waals surface area contributed by atoms with Crippen molar-refractivity contribution in [3.63, 3.8) is 0 Å². The molecule has 4 nitrogen and oxygen atoms in total. The Balaban J connectivity index is 1.95. The molecule has 0 saturated heterocycles. The Morgan fingerprint density at radius 2 is 1.77 bits per heavy atom. The van der Waals surface area contributed by atoms with Gasteiger partial charge >= 0.3 is 0 Å². The van der Waals surface area contributed by atoms with Gasteiger partial charge in [0.05, 0.1) is 7.11 Å². The number of hydrogen-bond acceptors (Lipinski definition) is 3. The van der Waals surface area contributed by atoms with E-state index in [-0.39, 0.29) is 5.91 Å². The SMILES string of the molecule is CCC(Oc1ccccc1)C(=O)NCc1ccccc1OC. The Hall–Kier alpha value is -2.49. The molecule has 1 atom stereocenters. The van der Waals surface area contributed by atoms with E-state index in [9.17, 15) is 4.79 Å². The number of ether oxygens (including phenoxy) is 2. The molecule has 0 saturated carbocycles. The molecule has 2 aromatic carbocycles. The maximum atomic E-state index is 12.3. The van der Waals surface area contributed by atoms with E-state index in [1.165, 1.54) is 0 Å². The smallest absolute Gasteiger partial charge is 0.261 e. The second-order valence-electron chi connectivity index (χ2n) is 4.86. The molecule has 2 aromatic rings. The second-order valence-corrected chi connectivity index (χ2v) is 4.86. The van der Waals surface area contributed by atoms with Crippen molar-refractivity contribution in [2.24, 2.45) is 0 Å². The van der Waals surface area contributed by atoms with Crippen LogP contribution in [0.5, 0.6) is 11.5 Å². The van der Waals surface area contributed by atoms with Crippen LogP contribution in [-0.2, 0) is 11.3 Å². The summed E-state index contributed by atoms with van der Waals surface area (Å²) in [7, 11) is 1.62. The predicted molar refractivity (Wildman–Crippen MR) is 86.0 cm³/mol. The average Bonchev–Trinajstić information content (AvgIpc) is 2.58. The number of para-hydroxylation sites is 2. The van der Waals surface area contributed by atoms with Gasteiger partial charge in [-0.2, -0.15) is 0 Å². The number of benzene rings is 2. The Kier molecular flexibility index (Phi) is 5.83. The fourth-order valence-corrected chi connectivity index (χ4v) is 2.13. The summed E-state index contributed by atoms with van der Waals surface area (Å²) < 4.78 is 11.0. The lowest BCUT2D eigenvalue weighted by Gasteiger charge is -2.17. The molecule has 22 heavy (non-hydrogen) atoms. The highest BCUT2D eigenvalue weighted by Crippen LogP contribution is 2.17. The molecule has 4 heteroatoms. The van der Waals surface area contributed by atoms with Crippen LogP contribution in [0.2, 0.25) is 0 Å². The van der Waals surface area contributed by atoms with Gasteiger partial charge < -0.3 is 14.8 Å². The molecule has 1 unspecified atom stereocenters. The van der Waals surface area contributed by atoms with Crippen molar-refractivity contribution in [2.75, 3.05) is 7.11 Å². The lowest BCUT2D eigenvalue weighted by molar-refractivity contribution is -0.128. The van der Waals surface area contributed by atoms with Crippen molar-refractivity contribution < 1.29 is 14.3 Å². The van der Waals surface area contributed by atoms with Crippen molar-refractivity contribution in [1.82, 2.24) is 5.32 Å². The van der Waals surface area contributed by atoms with Crippen LogP contribution in [0, 0.1) is 0 Å². The van der Waals surface area contributed by atoms with Crippen LogP contribution in [0.25, 0.3) is 0 Å². The number of nitrogens with one attached hydrogen (secondary N) is 1. The summed E-state index contributed by atoms with van der Waals surface area (Å²) in [5, 5.41) is 2.90.